The molecule has 1 fully saturated rings. The van der Waals surface area contributed by atoms with Gasteiger partial charge in [-0.25, -0.2) is 17.2 Å². The number of hydrogen-bond donors (Lipinski definition) is 0. The van der Waals surface area contributed by atoms with Gasteiger partial charge in [-0.2, -0.15) is 17.5 Å². The molecule has 3 rings (SSSR count). The van der Waals surface area contributed by atoms with Gasteiger partial charge in [-0.15, -0.1) is 0 Å². The molecule has 1 aliphatic heterocycles. The van der Waals surface area contributed by atoms with E-state index < -0.39 is 39.3 Å². The SMILES string of the molecule is O=C(c1cc(F)cc(F)c1)N1CCN(S(=O)(=O)c2ccc(C(F)(F)F)cc2)CC1. The molecule has 1 amide bonds. The Bertz CT molecular complexity index is 995. The largest absolute Gasteiger partial charge is 0.416 e. The van der Waals surface area contributed by atoms with E-state index in [1.165, 1.54) is 4.90 Å². The fourth-order valence-corrected chi connectivity index (χ4v) is 4.38. The van der Waals surface area contributed by atoms with Gasteiger partial charge in [0.05, 0.1) is 10.5 Å². The average molecular weight is 434 g/mol. The number of halogens is 5. The van der Waals surface area contributed by atoms with Crippen LogP contribution in [0.1, 0.15) is 15.9 Å². The van der Waals surface area contributed by atoms with Crippen LogP contribution in [0.25, 0.3) is 0 Å². The number of carbonyl (C=O) groups is 1. The molecule has 0 bridgehead atoms. The Hall–Kier alpha value is -2.53. The lowest BCUT2D eigenvalue weighted by Gasteiger charge is -2.34. The number of amides is 1. The maximum atomic E-state index is 13.3. The molecule has 0 aromatic heterocycles. The minimum absolute atomic E-state index is 0.0309. The normalized spacial score (nSPS) is 16.1. The molecule has 1 saturated heterocycles. The van der Waals surface area contributed by atoms with Crippen LogP contribution in [0.3, 0.4) is 0 Å². The quantitative estimate of drug-likeness (QED) is 0.698. The summed E-state index contributed by atoms with van der Waals surface area (Å²) in [5.74, 6) is -2.45. The second-order valence-electron chi connectivity index (χ2n) is 6.38. The minimum atomic E-state index is -4.58. The number of hydrogen-bond acceptors (Lipinski definition) is 3. The number of benzene rings is 2. The second-order valence-corrected chi connectivity index (χ2v) is 8.31. The Balaban J connectivity index is 1.70. The van der Waals surface area contributed by atoms with Gasteiger partial charge in [0.25, 0.3) is 5.91 Å². The van der Waals surface area contributed by atoms with Gasteiger partial charge in [0.1, 0.15) is 11.6 Å². The van der Waals surface area contributed by atoms with Crippen molar-refractivity contribution < 1.29 is 35.2 Å². The topological polar surface area (TPSA) is 57.7 Å². The molecule has 0 aliphatic carbocycles. The summed E-state index contributed by atoms with van der Waals surface area (Å²) in [6.07, 6.45) is -4.58. The lowest BCUT2D eigenvalue weighted by molar-refractivity contribution is -0.137. The minimum Gasteiger partial charge on any atom is -0.336 e. The zero-order chi connectivity index (χ0) is 21.4. The molecule has 2 aromatic carbocycles. The van der Waals surface area contributed by atoms with E-state index in [0.717, 1.165) is 28.6 Å². The van der Waals surface area contributed by atoms with Crippen LogP contribution in [0, 0.1) is 11.6 Å². The van der Waals surface area contributed by atoms with Crippen LogP contribution in [-0.4, -0.2) is 49.7 Å². The first-order valence-corrected chi connectivity index (χ1v) is 9.85. The number of nitrogens with zero attached hydrogens (tertiary/aromatic N) is 2. The highest BCUT2D eigenvalue weighted by atomic mass is 32.2. The lowest BCUT2D eigenvalue weighted by Crippen LogP contribution is -2.50. The predicted octanol–water partition coefficient (Wildman–Crippen LogP) is 3.13. The first kappa shape index (κ1) is 21.2. The standard InChI is InChI=1S/C18H15F5N2O3S/c19-14-9-12(10-15(20)11-14)17(26)24-5-7-25(8-6-24)29(27,28)16-3-1-13(2-4-16)18(21,22)23/h1-4,9-11H,5-8H2. The van der Waals surface area contributed by atoms with Crippen LogP contribution in [0.15, 0.2) is 47.4 Å². The molecule has 5 nitrogen and oxygen atoms in total. The van der Waals surface area contributed by atoms with E-state index in [2.05, 4.69) is 0 Å². The summed E-state index contributed by atoms with van der Waals surface area (Å²) in [5.41, 5.74) is -1.16. The Morgan fingerprint density at radius 3 is 1.86 bits per heavy atom. The van der Waals surface area contributed by atoms with E-state index in [9.17, 15) is 35.2 Å². The van der Waals surface area contributed by atoms with Gasteiger partial charge in [-0.3, -0.25) is 4.79 Å². The Kier molecular flexibility index (Phi) is 5.63. The van der Waals surface area contributed by atoms with Gasteiger partial charge in [-0.05, 0) is 36.4 Å². The maximum absolute atomic E-state index is 13.3. The molecule has 0 N–H and O–H groups in total. The summed E-state index contributed by atoms with van der Waals surface area (Å²) >= 11 is 0. The van der Waals surface area contributed by atoms with Crippen LogP contribution < -0.4 is 0 Å². The van der Waals surface area contributed by atoms with Crippen molar-refractivity contribution in [2.45, 2.75) is 11.1 Å². The molecule has 156 valence electrons. The highest BCUT2D eigenvalue weighted by Gasteiger charge is 2.33. The zero-order valence-corrected chi connectivity index (χ0v) is 15.6. The maximum Gasteiger partial charge on any atom is 0.416 e. The van der Waals surface area contributed by atoms with Crippen LogP contribution in [-0.2, 0) is 16.2 Å². The first-order chi connectivity index (χ1) is 13.5. The van der Waals surface area contributed by atoms with Crippen molar-refractivity contribution in [1.82, 2.24) is 9.21 Å². The van der Waals surface area contributed by atoms with E-state index in [4.69, 9.17) is 0 Å². The fraction of sp³-hybridized carbons (Fsp3) is 0.278. The zero-order valence-electron chi connectivity index (χ0n) is 14.8. The molecule has 11 heteroatoms. The third-order valence-corrected chi connectivity index (χ3v) is 6.37. The highest BCUT2D eigenvalue weighted by molar-refractivity contribution is 7.89. The van der Waals surface area contributed by atoms with Gasteiger partial charge >= 0.3 is 6.18 Å². The van der Waals surface area contributed by atoms with Crippen LogP contribution in [0.5, 0.6) is 0 Å². The van der Waals surface area contributed by atoms with Crippen LogP contribution >= 0.6 is 0 Å². The lowest BCUT2D eigenvalue weighted by atomic mass is 10.1. The molecule has 0 atom stereocenters. The molecule has 0 saturated carbocycles. The Morgan fingerprint density at radius 1 is 0.862 bits per heavy atom. The summed E-state index contributed by atoms with van der Waals surface area (Å²) in [6.45, 7) is -0.270. The summed E-state index contributed by atoms with van der Waals surface area (Å²) in [4.78, 5) is 13.3. The second kappa shape index (κ2) is 7.71. The summed E-state index contributed by atoms with van der Waals surface area (Å²) in [7, 11) is -4.04. The van der Waals surface area contributed by atoms with Crippen molar-refractivity contribution in [2.75, 3.05) is 26.2 Å². The first-order valence-electron chi connectivity index (χ1n) is 8.41. The van der Waals surface area contributed by atoms with Gasteiger partial charge < -0.3 is 4.90 Å². The Morgan fingerprint density at radius 2 is 1.38 bits per heavy atom. The van der Waals surface area contributed by atoms with Gasteiger partial charge in [0.15, 0.2) is 0 Å². The summed E-state index contributed by atoms with van der Waals surface area (Å²) in [6, 6.07) is 5.53. The molecule has 2 aromatic rings. The van der Waals surface area contributed by atoms with Crippen molar-refractivity contribution in [1.29, 1.82) is 0 Å². The Labute approximate surface area is 163 Å². The van der Waals surface area contributed by atoms with E-state index in [1.54, 1.807) is 0 Å². The number of carbonyl (C=O) groups excluding carboxylic acids is 1. The van der Waals surface area contributed by atoms with Crippen molar-refractivity contribution >= 4 is 15.9 Å². The van der Waals surface area contributed by atoms with Crippen LogP contribution in [0.4, 0.5) is 22.0 Å². The molecule has 29 heavy (non-hydrogen) atoms. The van der Waals surface area contributed by atoms with Gasteiger partial charge in [-0.1, -0.05) is 0 Å². The smallest absolute Gasteiger partial charge is 0.336 e. The van der Waals surface area contributed by atoms with E-state index in [-0.39, 0.29) is 36.6 Å². The average Bonchev–Trinajstić information content (AvgIpc) is 2.66. The molecule has 1 aliphatic rings. The molecule has 0 unspecified atom stereocenters. The monoisotopic (exact) mass is 434 g/mol. The van der Waals surface area contributed by atoms with Crippen molar-refractivity contribution in [3.8, 4) is 0 Å². The summed E-state index contributed by atoms with van der Waals surface area (Å²) in [5, 5.41) is 0. The van der Waals surface area contributed by atoms with Crippen molar-refractivity contribution in [3.63, 3.8) is 0 Å². The van der Waals surface area contributed by atoms with Crippen molar-refractivity contribution in [2.24, 2.45) is 0 Å². The molecular weight excluding hydrogens is 419 g/mol. The number of sulfonamides is 1. The molecule has 1 heterocycles. The molecular formula is C18H15F5N2O3S. The molecule has 0 spiro atoms. The highest BCUT2D eigenvalue weighted by Crippen LogP contribution is 2.30. The van der Waals surface area contributed by atoms with Gasteiger partial charge in [0, 0.05) is 37.8 Å². The third-order valence-electron chi connectivity index (χ3n) is 4.45. The van der Waals surface area contributed by atoms with E-state index in [0.29, 0.717) is 18.2 Å². The fourth-order valence-electron chi connectivity index (χ4n) is 2.96. The number of rotatable bonds is 3. The van der Waals surface area contributed by atoms with Crippen LogP contribution in [0.2, 0.25) is 0 Å². The number of piperazine rings is 1. The molecule has 0 radical (unpaired) electrons. The van der Waals surface area contributed by atoms with E-state index in [1.807, 2.05) is 0 Å². The van der Waals surface area contributed by atoms with Gasteiger partial charge in [0.2, 0.25) is 10.0 Å². The number of alkyl halides is 3. The summed E-state index contributed by atoms with van der Waals surface area (Å²) < 4.78 is 90.8. The third kappa shape index (κ3) is 4.56. The predicted molar refractivity (Wildman–Crippen MR) is 92.5 cm³/mol. The van der Waals surface area contributed by atoms with E-state index >= 15 is 0 Å². The van der Waals surface area contributed by atoms with Crippen molar-refractivity contribution in [3.05, 3.63) is 65.2 Å².